The molecule has 0 atom stereocenters. The van der Waals surface area contributed by atoms with Crippen LogP contribution in [0.2, 0.25) is 0 Å². The molecule has 0 unspecified atom stereocenters. The van der Waals surface area contributed by atoms with Crippen LogP contribution in [-0.2, 0) is 4.74 Å². The second-order valence-corrected chi connectivity index (χ2v) is 21.2. The monoisotopic (exact) mass is 1500 g/mol. The van der Waals surface area contributed by atoms with Gasteiger partial charge in [0.2, 0.25) is 0 Å². The van der Waals surface area contributed by atoms with Crippen LogP contribution in [0.5, 0.6) is 0 Å². The molecule has 0 N–H and O–H groups in total. The van der Waals surface area contributed by atoms with Gasteiger partial charge >= 0.3 is 0 Å². The van der Waals surface area contributed by atoms with Gasteiger partial charge in [0.05, 0.1) is 13.2 Å². The zero-order valence-electron chi connectivity index (χ0n) is 81.9. The van der Waals surface area contributed by atoms with Gasteiger partial charge in [0.1, 0.15) is 0 Å². The van der Waals surface area contributed by atoms with Crippen molar-refractivity contribution in [3.8, 4) is 0 Å². The van der Waals surface area contributed by atoms with E-state index in [-0.39, 0.29) is 22.3 Å². The van der Waals surface area contributed by atoms with E-state index in [9.17, 15) is 0 Å². The molecule has 7 aliphatic rings. The number of morpholine rings is 1. The highest BCUT2D eigenvalue weighted by Crippen LogP contribution is 2.22. The Morgan fingerprint density at radius 2 is 0.441 bits per heavy atom. The smallest absolute Gasteiger partial charge is 0.0594 e. The third-order valence-corrected chi connectivity index (χ3v) is 14.7. The minimum absolute atomic E-state index is 0. The molecule has 102 heavy (non-hydrogen) atoms. The summed E-state index contributed by atoms with van der Waals surface area (Å²) in [7, 11) is 2.19. The Morgan fingerprint density at radius 1 is 0.235 bits per heavy atom. The van der Waals surface area contributed by atoms with Gasteiger partial charge in [0, 0.05) is 99.7 Å². The molecule has 0 aromatic carbocycles. The molecule has 0 aromatic rings. The van der Waals surface area contributed by atoms with Crippen molar-refractivity contribution in [2.45, 2.75) is 489 Å². The number of likely N-dealkylation sites (tertiary alicyclic amines) is 4. The van der Waals surface area contributed by atoms with E-state index in [4.69, 9.17) is 4.74 Å². The van der Waals surface area contributed by atoms with Crippen LogP contribution in [0.3, 0.4) is 0 Å². The predicted molar refractivity (Wildman–Crippen MR) is 510 cm³/mol. The predicted octanol–water partition coefficient (Wildman–Crippen LogP) is 30.9. The number of hydrogen-bond acceptors (Lipinski definition) is 10. The number of piperidine rings is 3. The highest BCUT2D eigenvalue weighted by molar-refractivity contribution is 7.99. The van der Waals surface area contributed by atoms with Gasteiger partial charge in [-0.05, 0) is 194 Å². The summed E-state index contributed by atoms with van der Waals surface area (Å²) >= 11 is 2.04. The molecule has 10 heteroatoms. The fourth-order valence-electron chi connectivity index (χ4n) is 9.01. The van der Waals surface area contributed by atoms with Crippen molar-refractivity contribution in [2.24, 2.45) is 0 Å². The van der Waals surface area contributed by atoms with Crippen LogP contribution in [0.1, 0.15) is 447 Å². The summed E-state index contributed by atoms with van der Waals surface area (Å²) in [6, 6.07) is 5.36. The Labute approximate surface area is 670 Å². The van der Waals surface area contributed by atoms with E-state index in [0.717, 1.165) is 62.6 Å². The molecule has 0 radical (unpaired) electrons. The Hall–Kier alpha value is -0.0100. The fourth-order valence-corrected chi connectivity index (χ4v) is 10.2. The number of piperazine rings is 1. The van der Waals surface area contributed by atoms with Crippen molar-refractivity contribution in [3.63, 3.8) is 0 Å². The normalized spacial score (nSPS) is 15.2. The molecule has 0 aliphatic carbocycles. The number of likely N-dealkylation sites (N-methyl/N-ethyl adjacent to an activating group) is 1. The Kier molecular flexibility index (Phi) is 279. The zero-order chi connectivity index (χ0) is 83.6. The molecule has 0 aromatic heterocycles. The van der Waals surface area contributed by atoms with Gasteiger partial charge in [-0.3, -0.25) is 14.7 Å². The number of hydrogen-bond donors (Lipinski definition) is 0. The standard InChI is InChI=1S/C13H26N2.C8H18N2.C8H17N.C7H15NO.C7H15N.C6H13NS.20C2H6.3CH4/c1-12(2)14-10-6-13(7-11-14)15-8-4-3-5-9-15;1-8(2)10-6-4-9(3)5-7-10;1-8(2)9-6-4-3-5-7-9;1-7(2)8-3-5-9-6-4-8;1-7(2)8-5-3-4-6-8;1-6(2)7-3-4-8-5-7;20*1-2;;;/h12-13H,3-11H2,1-2H3;8H,4-7H2,1-3H3;8H,3-7H2,1-2H3;7H,3-6H2,1-2H3;7H,3-6H2,1-2H3;6H,3-5H2,1-2H3;20*1-2H3;3*1H4. The largest absolute Gasteiger partial charge is 0.379 e. The van der Waals surface area contributed by atoms with Crippen LogP contribution in [-0.4, -0.2) is 212 Å². The van der Waals surface area contributed by atoms with E-state index in [2.05, 4.69) is 129 Å². The summed E-state index contributed by atoms with van der Waals surface area (Å²) in [6.07, 6.45) is 14.2. The first-order chi connectivity index (χ1) is 48.2. The van der Waals surface area contributed by atoms with Crippen molar-refractivity contribution in [1.29, 1.82) is 0 Å². The third-order valence-electron chi connectivity index (χ3n) is 13.7. The molecule has 7 aliphatic heterocycles. The minimum atomic E-state index is 0. The van der Waals surface area contributed by atoms with E-state index >= 15 is 0 Å². The maximum Gasteiger partial charge on any atom is 0.0594 e. The van der Waals surface area contributed by atoms with E-state index in [1.54, 1.807) is 0 Å². The summed E-state index contributed by atoms with van der Waals surface area (Å²) in [5.41, 5.74) is 0. The highest BCUT2D eigenvalue weighted by Gasteiger charge is 2.26. The molecule has 7 heterocycles. The number of nitrogens with zero attached hydrogens (tertiary/aromatic N) is 8. The molecule has 0 saturated carbocycles. The van der Waals surface area contributed by atoms with E-state index in [1.165, 1.54) is 161 Å². The second kappa shape index (κ2) is 175. The Balaban J connectivity index is -0.0000000343. The van der Waals surface area contributed by atoms with Gasteiger partial charge < -0.3 is 29.2 Å². The number of thioether (sulfide) groups is 1. The lowest BCUT2D eigenvalue weighted by Gasteiger charge is -2.41. The molecule has 7 saturated heterocycles. The minimum Gasteiger partial charge on any atom is -0.379 e. The lowest BCUT2D eigenvalue weighted by molar-refractivity contribution is 0.0238. The lowest BCUT2D eigenvalue weighted by Crippen LogP contribution is -2.48. The molecule has 0 amide bonds. The van der Waals surface area contributed by atoms with Crippen LogP contribution in [0.4, 0.5) is 0 Å². The van der Waals surface area contributed by atoms with Gasteiger partial charge in [-0.2, -0.15) is 0 Å². The van der Waals surface area contributed by atoms with Gasteiger partial charge in [0.15, 0.2) is 0 Å². The molecule has 9 nitrogen and oxygen atoms in total. The molecule has 0 bridgehead atoms. The van der Waals surface area contributed by atoms with Crippen LogP contribution in [0.15, 0.2) is 0 Å². The Morgan fingerprint density at radius 3 is 0.637 bits per heavy atom. The topological polar surface area (TPSA) is 35.2 Å². The lowest BCUT2D eigenvalue weighted by atomic mass is 9.99. The van der Waals surface area contributed by atoms with Gasteiger partial charge in [0.25, 0.3) is 0 Å². The SMILES string of the molecule is C.C.C.CC.CC.CC.CC.CC.CC.CC.CC.CC.CC.CC.CC.CC.CC.CC.CC.CC.CC.CC.CC.CC(C)N1CCC(N2CCCCC2)CC1.CC(C)N1CCCC1.CC(C)N1CCCCC1.CC(C)N1CCN(C)CC1.CC(C)N1CCOCC1.CC(C)N1CCSC1. The quantitative estimate of drug-likeness (QED) is 0.246. The van der Waals surface area contributed by atoms with E-state index < -0.39 is 0 Å². The zero-order valence-corrected chi connectivity index (χ0v) is 82.8. The summed E-state index contributed by atoms with van der Waals surface area (Å²) in [6.45, 7) is 128. The molecule has 0 spiro atoms. The number of rotatable bonds is 7. The van der Waals surface area contributed by atoms with Crippen LogP contribution in [0, 0.1) is 0 Å². The second-order valence-electron chi connectivity index (χ2n) is 20.1. The van der Waals surface area contributed by atoms with E-state index in [1.807, 2.05) is 289 Å². The molecule has 7 rings (SSSR count). The van der Waals surface area contributed by atoms with Crippen LogP contribution < -0.4 is 0 Å². The van der Waals surface area contributed by atoms with Gasteiger partial charge in [-0.25, -0.2) is 0 Å². The van der Waals surface area contributed by atoms with Crippen molar-refractivity contribution < 1.29 is 4.74 Å². The summed E-state index contributed by atoms with van der Waals surface area (Å²) in [4.78, 5) is 20.3. The summed E-state index contributed by atoms with van der Waals surface area (Å²) in [5, 5.41) is 0. The van der Waals surface area contributed by atoms with Gasteiger partial charge in [-0.15, -0.1) is 11.8 Å². The molecular weight excluding hydrogens is 1270 g/mol. The van der Waals surface area contributed by atoms with Crippen molar-refractivity contribution in [3.05, 3.63) is 0 Å². The first-order valence-electron chi connectivity index (χ1n) is 45.2. The van der Waals surface area contributed by atoms with Crippen LogP contribution in [0.25, 0.3) is 0 Å². The fraction of sp³-hybridized carbons (Fsp3) is 1.00. The average molecular weight is 1500 g/mol. The molecule has 7 fully saturated rings. The van der Waals surface area contributed by atoms with Crippen LogP contribution >= 0.6 is 11.8 Å². The summed E-state index contributed by atoms with van der Waals surface area (Å²) < 4.78 is 5.21. The van der Waals surface area contributed by atoms with Gasteiger partial charge in [-0.1, -0.05) is 312 Å². The highest BCUT2D eigenvalue weighted by atomic mass is 32.2. The number of ether oxygens (including phenoxy) is 1. The van der Waals surface area contributed by atoms with Crippen molar-refractivity contribution in [1.82, 2.24) is 39.2 Å². The van der Waals surface area contributed by atoms with Crippen molar-refractivity contribution >= 4 is 11.8 Å². The first kappa shape index (κ1) is 163. The first-order valence-corrected chi connectivity index (χ1v) is 46.4. The maximum absolute atomic E-state index is 5.21. The van der Waals surface area contributed by atoms with E-state index in [0.29, 0.717) is 6.04 Å². The summed E-state index contributed by atoms with van der Waals surface area (Å²) in [5.74, 6) is 2.58. The van der Waals surface area contributed by atoms with Crippen molar-refractivity contribution in [2.75, 3.05) is 130 Å². The Bertz CT molecular complexity index is 906. The third kappa shape index (κ3) is 133. The average Bonchev–Trinajstić information content (AvgIpc) is 1.87. The molecular formula is C92H236N8OS. The maximum atomic E-state index is 5.21. The molecule has 656 valence electrons.